The summed E-state index contributed by atoms with van der Waals surface area (Å²) in [6, 6.07) is 6.54. The highest BCUT2D eigenvalue weighted by Crippen LogP contribution is 2.14. The summed E-state index contributed by atoms with van der Waals surface area (Å²) in [5.74, 6) is 0.872. The summed E-state index contributed by atoms with van der Waals surface area (Å²) in [5, 5.41) is 7.90. The molecule has 0 saturated carbocycles. The first-order chi connectivity index (χ1) is 9.11. The lowest BCUT2D eigenvalue weighted by atomic mass is 10.1. The molecule has 0 amide bonds. The van der Waals surface area contributed by atoms with Crippen molar-refractivity contribution in [3.8, 4) is 5.82 Å². The van der Waals surface area contributed by atoms with Gasteiger partial charge >= 0.3 is 0 Å². The number of hydrogen-bond acceptors (Lipinski definition) is 3. The van der Waals surface area contributed by atoms with Gasteiger partial charge in [-0.15, -0.1) is 0 Å². The van der Waals surface area contributed by atoms with E-state index in [0.29, 0.717) is 6.04 Å². The molecule has 1 atom stereocenters. The average molecular weight is 258 g/mol. The zero-order valence-electron chi connectivity index (χ0n) is 12.1. The number of pyridine rings is 1. The average Bonchev–Trinajstić information content (AvgIpc) is 2.75. The largest absolute Gasteiger partial charge is 0.310 e. The predicted molar refractivity (Wildman–Crippen MR) is 77.5 cm³/mol. The number of aryl methyl sites for hydroxylation is 2. The Bertz CT molecular complexity index is 528. The monoisotopic (exact) mass is 258 g/mol. The maximum atomic E-state index is 4.51. The quantitative estimate of drug-likeness (QED) is 0.896. The molecule has 0 fully saturated rings. The van der Waals surface area contributed by atoms with E-state index in [1.165, 1.54) is 5.56 Å². The molecular formula is C15H22N4. The van der Waals surface area contributed by atoms with Crippen molar-refractivity contribution in [2.45, 2.75) is 40.2 Å². The first-order valence-corrected chi connectivity index (χ1v) is 6.84. The van der Waals surface area contributed by atoms with Gasteiger partial charge in [-0.3, -0.25) is 0 Å². The topological polar surface area (TPSA) is 42.7 Å². The van der Waals surface area contributed by atoms with E-state index < -0.39 is 0 Å². The van der Waals surface area contributed by atoms with Crippen LogP contribution in [0, 0.1) is 13.8 Å². The highest BCUT2D eigenvalue weighted by atomic mass is 15.3. The Balaban J connectivity index is 2.16. The molecule has 19 heavy (non-hydrogen) atoms. The summed E-state index contributed by atoms with van der Waals surface area (Å²) in [4.78, 5) is 4.51. The third-order valence-corrected chi connectivity index (χ3v) is 3.20. The van der Waals surface area contributed by atoms with Gasteiger partial charge in [0.25, 0.3) is 0 Å². The molecular weight excluding hydrogens is 236 g/mol. The van der Waals surface area contributed by atoms with E-state index in [9.17, 15) is 0 Å². The molecule has 0 saturated heterocycles. The zero-order chi connectivity index (χ0) is 13.8. The molecule has 0 radical (unpaired) electrons. The molecule has 0 spiro atoms. The molecule has 2 aromatic rings. The van der Waals surface area contributed by atoms with Crippen LogP contribution in [0.2, 0.25) is 0 Å². The van der Waals surface area contributed by atoms with Crippen molar-refractivity contribution in [3.05, 3.63) is 41.3 Å². The van der Waals surface area contributed by atoms with Gasteiger partial charge in [-0.25, -0.2) is 9.67 Å². The van der Waals surface area contributed by atoms with Crippen molar-refractivity contribution in [1.29, 1.82) is 0 Å². The molecule has 0 aliphatic heterocycles. The second-order valence-electron chi connectivity index (χ2n) is 4.96. The predicted octanol–water partition coefficient (Wildman–Crippen LogP) is 2.94. The van der Waals surface area contributed by atoms with Crippen LogP contribution in [-0.2, 0) is 0 Å². The molecule has 0 aliphatic rings. The Morgan fingerprint density at radius 3 is 2.63 bits per heavy atom. The third-order valence-electron chi connectivity index (χ3n) is 3.20. The van der Waals surface area contributed by atoms with Crippen LogP contribution >= 0.6 is 0 Å². The number of aromatic nitrogens is 3. The minimum atomic E-state index is 0.335. The summed E-state index contributed by atoms with van der Waals surface area (Å²) in [6.07, 6.45) is 3.07. The third kappa shape index (κ3) is 3.20. The van der Waals surface area contributed by atoms with Crippen LogP contribution in [0.5, 0.6) is 0 Å². The maximum absolute atomic E-state index is 4.51. The normalized spacial score (nSPS) is 12.6. The molecule has 102 valence electrons. The number of hydrogen-bond donors (Lipinski definition) is 1. The van der Waals surface area contributed by atoms with Gasteiger partial charge in [0.05, 0.1) is 5.69 Å². The van der Waals surface area contributed by atoms with Crippen LogP contribution in [0.4, 0.5) is 0 Å². The first kappa shape index (κ1) is 13.7. The van der Waals surface area contributed by atoms with E-state index in [2.05, 4.69) is 41.4 Å². The Morgan fingerprint density at radius 2 is 2.11 bits per heavy atom. The Morgan fingerprint density at radius 1 is 1.32 bits per heavy atom. The fraction of sp³-hybridized carbons (Fsp3) is 0.467. The molecule has 1 N–H and O–H groups in total. The molecule has 4 heteroatoms. The maximum Gasteiger partial charge on any atom is 0.153 e. The van der Waals surface area contributed by atoms with Crippen molar-refractivity contribution < 1.29 is 0 Å². The molecule has 2 aromatic heterocycles. The summed E-state index contributed by atoms with van der Waals surface area (Å²) >= 11 is 0. The Kier molecular flexibility index (Phi) is 4.32. The lowest BCUT2D eigenvalue weighted by Crippen LogP contribution is -2.19. The molecule has 0 bridgehead atoms. The second kappa shape index (κ2) is 5.97. The van der Waals surface area contributed by atoms with E-state index in [-0.39, 0.29) is 0 Å². The van der Waals surface area contributed by atoms with Gasteiger partial charge in [-0.1, -0.05) is 13.0 Å². The summed E-state index contributed by atoms with van der Waals surface area (Å²) in [5.41, 5.74) is 3.33. The van der Waals surface area contributed by atoms with Gasteiger partial charge < -0.3 is 5.32 Å². The highest BCUT2D eigenvalue weighted by Gasteiger charge is 2.07. The van der Waals surface area contributed by atoms with Crippen LogP contribution in [0.25, 0.3) is 5.82 Å². The lowest BCUT2D eigenvalue weighted by Gasteiger charge is -2.13. The highest BCUT2D eigenvalue weighted by molar-refractivity contribution is 5.28. The summed E-state index contributed by atoms with van der Waals surface area (Å²) in [6.45, 7) is 9.40. The lowest BCUT2D eigenvalue weighted by molar-refractivity contribution is 0.569. The van der Waals surface area contributed by atoms with Gasteiger partial charge in [-0.2, -0.15) is 5.10 Å². The molecule has 0 aliphatic carbocycles. The van der Waals surface area contributed by atoms with Crippen LogP contribution in [-0.4, -0.2) is 21.3 Å². The number of rotatable bonds is 5. The fourth-order valence-corrected chi connectivity index (χ4v) is 2.12. The van der Waals surface area contributed by atoms with Gasteiger partial charge in [-0.05, 0) is 51.4 Å². The molecule has 2 rings (SSSR count). The number of nitrogens with one attached hydrogen (secondary N) is 1. The van der Waals surface area contributed by atoms with Gasteiger partial charge in [0.1, 0.15) is 0 Å². The van der Waals surface area contributed by atoms with Crippen molar-refractivity contribution >= 4 is 0 Å². The van der Waals surface area contributed by atoms with E-state index in [1.807, 2.05) is 30.8 Å². The minimum absolute atomic E-state index is 0.335. The zero-order valence-corrected chi connectivity index (χ0v) is 12.1. The first-order valence-electron chi connectivity index (χ1n) is 6.84. The second-order valence-corrected chi connectivity index (χ2v) is 4.96. The van der Waals surface area contributed by atoms with E-state index in [0.717, 1.165) is 30.2 Å². The van der Waals surface area contributed by atoms with Crippen LogP contribution in [0.1, 0.15) is 43.3 Å². The van der Waals surface area contributed by atoms with Crippen molar-refractivity contribution in [2.75, 3.05) is 6.54 Å². The van der Waals surface area contributed by atoms with E-state index >= 15 is 0 Å². The van der Waals surface area contributed by atoms with Gasteiger partial charge in [0.15, 0.2) is 5.82 Å². The minimum Gasteiger partial charge on any atom is -0.310 e. The number of nitrogens with zero attached hydrogens (tertiary/aromatic N) is 3. The molecule has 4 nitrogen and oxygen atoms in total. The van der Waals surface area contributed by atoms with E-state index in [1.54, 1.807) is 0 Å². The standard InChI is InChI=1S/C15H22N4/c1-5-8-16-13(4)14-6-7-15(17-10-14)19-12(3)9-11(2)18-19/h6-7,9-10,13,16H,5,8H2,1-4H3. The molecule has 2 heterocycles. The summed E-state index contributed by atoms with van der Waals surface area (Å²) < 4.78 is 1.88. The Labute approximate surface area is 114 Å². The molecule has 1 unspecified atom stereocenters. The fourth-order valence-electron chi connectivity index (χ4n) is 2.12. The van der Waals surface area contributed by atoms with E-state index in [4.69, 9.17) is 0 Å². The Hall–Kier alpha value is -1.68. The van der Waals surface area contributed by atoms with Crippen LogP contribution < -0.4 is 5.32 Å². The van der Waals surface area contributed by atoms with Crippen molar-refractivity contribution in [1.82, 2.24) is 20.1 Å². The smallest absolute Gasteiger partial charge is 0.153 e. The molecule has 0 aromatic carbocycles. The van der Waals surface area contributed by atoms with Crippen LogP contribution in [0.15, 0.2) is 24.4 Å². The summed E-state index contributed by atoms with van der Waals surface area (Å²) in [7, 11) is 0. The van der Waals surface area contributed by atoms with Crippen LogP contribution in [0.3, 0.4) is 0 Å². The van der Waals surface area contributed by atoms with Gasteiger partial charge in [0, 0.05) is 17.9 Å². The van der Waals surface area contributed by atoms with Gasteiger partial charge in [0.2, 0.25) is 0 Å². The van der Waals surface area contributed by atoms with Crippen molar-refractivity contribution in [2.24, 2.45) is 0 Å². The SMILES string of the molecule is CCCNC(C)c1ccc(-n2nc(C)cc2C)nc1. The van der Waals surface area contributed by atoms with Crippen molar-refractivity contribution in [3.63, 3.8) is 0 Å².